The molecule has 1 N–H and O–H groups in total. The lowest BCUT2D eigenvalue weighted by molar-refractivity contribution is -0.140. The third-order valence-electron chi connectivity index (χ3n) is 6.18. The van der Waals surface area contributed by atoms with Crippen molar-refractivity contribution in [1.82, 2.24) is 4.90 Å². The van der Waals surface area contributed by atoms with Gasteiger partial charge in [0, 0.05) is 12.1 Å². The predicted molar refractivity (Wildman–Crippen MR) is 137 cm³/mol. The van der Waals surface area contributed by atoms with Crippen molar-refractivity contribution >= 4 is 17.4 Å². The van der Waals surface area contributed by atoms with Crippen LogP contribution in [0.2, 0.25) is 0 Å². The van der Waals surface area contributed by atoms with Crippen LogP contribution in [-0.2, 0) is 16.1 Å². The van der Waals surface area contributed by atoms with Gasteiger partial charge < -0.3 is 14.7 Å². The number of hydrogen-bond donors (Lipinski definition) is 1. The molecular formula is C30H30FNO4. The molecule has 0 spiro atoms. The smallest absolute Gasteiger partial charge is 0.295 e. The lowest BCUT2D eigenvalue weighted by Crippen LogP contribution is -2.29. The summed E-state index contributed by atoms with van der Waals surface area (Å²) in [5.74, 6) is -1.01. The summed E-state index contributed by atoms with van der Waals surface area (Å²) in [5.41, 5.74) is 3.63. The summed E-state index contributed by atoms with van der Waals surface area (Å²) in [6.07, 6.45) is 0. The number of amides is 1. The molecule has 4 rings (SSSR count). The molecule has 0 aliphatic carbocycles. The Bertz CT molecular complexity index is 1330. The van der Waals surface area contributed by atoms with E-state index in [0.29, 0.717) is 35.0 Å². The average Bonchev–Trinajstić information content (AvgIpc) is 3.09. The van der Waals surface area contributed by atoms with Crippen molar-refractivity contribution in [2.75, 3.05) is 6.61 Å². The summed E-state index contributed by atoms with van der Waals surface area (Å²) in [6, 6.07) is 17.8. The zero-order valence-electron chi connectivity index (χ0n) is 20.9. The Labute approximate surface area is 210 Å². The van der Waals surface area contributed by atoms with Gasteiger partial charge in [0.15, 0.2) is 0 Å². The minimum Gasteiger partial charge on any atom is -0.507 e. The number of carbonyl (C=O) groups excluding carboxylic acids is 2. The number of Topliss-reactive ketones (excluding diaryl/α,β-unsaturated/α-hetero) is 1. The molecule has 1 saturated heterocycles. The largest absolute Gasteiger partial charge is 0.507 e. The number of aryl methyl sites for hydroxylation is 2. The first-order valence-electron chi connectivity index (χ1n) is 12.0. The molecule has 1 aliphatic rings. The molecule has 1 unspecified atom stereocenters. The topological polar surface area (TPSA) is 66.8 Å². The van der Waals surface area contributed by atoms with Crippen LogP contribution in [-0.4, -0.2) is 28.3 Å². The maximum absolute atomic E-state index is 13.4. The molecule has 1 atom stereocenters. The third-order valence-corrected chi connectivity index (χ3v) is 6.18. The average molecular weight is 488 g/mol. The van der Waals surface area contributed by atoms with E-state index in [9.17, 15) is 19.1 Å². The van der Waals surface area contributed by atoms with Crippen LogP contribution >= 0.6 is 0 Å². The highest BCUT2D eigenvalue weighted by Gasteiger charge is 2.46. The van der Waals surface area contributed by atoms with E-state index in [1.807, 2.05) is 38.1 Å². The lowest BCUT2D eigenvalue weighted by Gasteiger charge is -2.26. The number of ether oxygens (including phenoxy) is 1. The Balaban J connectivity index is 1.79. The van der Waals surface area contributed by atoms with Crippen molar-refractivity contribution in [2.45, 2.75) is 40.3 Å². The molecule has 36 heavy (non-hydrogen) atoms. The third kappa shape index (κ3) is 5.18. The van der Waals surface area contributed by atoms with Gasteiger partial charge in [-0.2, -0.15) is 0 Å². The first-order valence-corrected chi connectivity index (χ1v) is 12.0. The second-order valence-electron chi connectivity index (χ2n) is 9.65. The van der Waals surface area contributed by atoms with Crippen molar-refractivity contribution < 1.29 is 23.8 Å². The van der Waals surface area contributed by atoms with Gasteiger partial charge in [-0.15, -0.1) is 0 Å². The van der Waals surface area contributed by atoms with E-state index < -0.39 is 17.7 Å². The van der Waals surface area contributed by atoms with Crippen LogP contribution in [0.4, 0.5) is 4.39 Å². The number of rotatable bonds is 7. The van der Waals surface area contributed by atoms with Crippen LogP contribution in [0.25, 0.3) is 5.76 Å². The zero-order valence-corrected chi connectivity index (χ0v) is 20.9. The van der Waals surface area contributed by atoms with Crippen molar-refractivity contribution in [3.63, 3.8) is 0 Å². The highest BCUT2D eigenvalue weighted by Crippen LogP contribution is 2.41. The maximum atomic E-state index is 13.4. The van der Waals surface area contributed by atoms with Crippen molar-refractivity contribution in [2.24, 2.45) is 5.92 Å². The van der Waals surface area contributed by atoms with E-state index in [4.69, 9.17) is 4.74 Å². The number of likely N-dealkylation sites (tertiary alicyclic amines) is 1. The fourth-order valence-corrected chi connectivity index (χ4v) is 4.39. The van der Waals surface area contributed by atoms with E-state index in [1.54, 1.807) is 30.3 Å². The number of carbonyl (C=O) groups is 2. The van der Waals surface area contributed by atoms with Crippen LogP contribution in [0.1, 0.15) is 47.7 Å². The molecule has 0 bridgehead atoms. The van der Waals surface area contributed by atoms with Crippen LogP contribution in [0.15, 0.2) is 72.3 Å². The molecule has 0 saturated carbocycles. The zero-order chi connectivity index (χ0) is 26.0. The SMILES string of the molecule is Cc1cccc(C2/C(=C(/O)c3ccc(OCC(C)C)c(C)c3)C(=O)C(=O)N2Cc2ccc(F)cc2)c1. The summed E-state index contributed by atoms with van der Waals surface area (Å²) in [4.78, 5) is 27.9. The Morgan fingerprint density at radius 2 is 1.75 bits per heavy atom. The number of aliphatic hydroxyl groups is 1. The van der Waals surface area contributed by atoms with E-state index in [-0.39, 0.29) is 23.7 Å². The first kappa shape index (κ1) is 25.2. The van der Waals surface area contributed by atoms with Gasteiger partial charge in [-0.25, -0.2) is 4.39 Å². The Morgan fingerprint density at radius 3 is 2.39 bits per heavy atom. The molecule has 1 aliphatic heterocycles. The van der Waals surface area contributed by atoms with Gasteiger partial charge in [0.05, 0.1) is 18.2 Å². The summed E-state index contributed by atoms with van der Waals surface area (Å²) >= 11 is 0. The van der Waals surface area contributed by atoms with Crippen LogP contribution in [0.5, 0.6) is 5.75 Å². The fourth-order valence-electron chi connectivity index (χ4n) is 4.39. The van der Waals surface area contributed by atoms with Gasteiger partial charge in [-0.05, 0) is 66.8 Å². The van der Waals surface area contributed by atoms with E-state index in [2.05, 4.69) is 13.8 Å². The van der Waals surface area contributed by atoms with Gasteiger partial charge in [-0.3, -0.25) is 9.59 Å². The fraction of sp³-hybridized carbons (Fsp3) is 0.267. The van der Waals surface area contributed by atoms with Gasteiger partial charge in [-0.1, -0.05) is 55.8 Å². The second-order valence-corrected chi connectivity index (χ2v) is 9.65. The number of benzene rings is 3. The highest BCUT2D eigenvalue weighted by molar-refractivity contribution is 6.46. The standard InChI is InChI=1S/C30H30FNO4/c1-18(2)17-36-25-13-10-23(15-20(25)4)28(33)26-27(22-7-5-6-19(3)14-22)32(30(35)29(26)34)16-21-8-11-24(31)12-9-21/h5-15,18,27,33H,16-17H2,1-4H3/b28-26-. The normalized spacial score (nSPS) is 17.2. The Morgan fingerprint density at radius 1 is 1.03 bits per heavy atom. The highest BCUT2D eigenvalue weighted by atomic mass is 19.1. The maximum Gasteiger partial charge on any atom is 0.295 e. The molecule has 6 heteroatoms. The number of nitrogens with zero attached hydrogens (tertiary/aromatic N) is 1. The first-order chi connectivity index (χ1) is 17.2. The van der Waals surface area contributed by atoms with Crippen LogP contribution in [0, 0.1) is 25.6 Å². The number of aliphatic hydroxyl groups excluding tert-OH is 1. The van der Waals surface area contributed by atoms with Crippen molar-refractivity contribution in [3.8, 4) is 5.75 Å². The summed E-state index contributed by atoms with van der Waals surface area (Å²) < 4.78 is 19.3. The Hall–Kier alpha value is -3.93. The summed E-state index contributed by atoms with van der Waals surface area (Å²) in [6.45, 7) is 8.58. The van der Waals surface area contributed by atoms with Gasteiger partial charge in [0.2, 0.25) is 0 Å². The monoisotopic (exact) mass is 487 g/mol. The molecule has 0 radical (unpaired) electrons. The van der Waals surface area contributed by atoms with Crippen molar-refractivity contribution in [1.29, 1.82) is 0 Å². The molecule has 1 amide bonds. The molecule has 5 nitrogen and oxygen atoms in total. The molecule has 3 aromatic rings. The predicted octanol–water partition coefficient (Wildman–Crippen LogP) is 6.10. The minimum absolute atomic E-state index is 0.0305. The lowest BCUT2D eigenvalue weighted by atomic mass is 9.94. The summed E-state index contributed by atoms with van der Waals surface area (Å²) in [5, 5.41) is 11.4. The molecule has 1 fully saturated rings. The number of hydrogen-bond acceptors (Lipinski definition) is 4. The molecule has 3 aromatic carbocycles. The Kier molecular flexibility index (Phi) is 7.25. The van der Waals surface area contributed by atoms with Gasteiger partial charge in [0.25, 0.3) is 11.7 Å². The van der Waals surface area contributed by atoms with Gasteiger partial charge >= 0.3 is 0 Å². The molecular weight excluding hydrogens is 457 g/mol. The second kappa shape index (κ2) is 10.4. The van der Waals surface area contributed by atoms with Gasteiger partial charge in [0.1, 0.15) is 17.3 Å². The minimum atomic E-state index is -0.785. The van der Waals surface area contributed by atoms with Crippen molar-refractivity contribution in [3.05, 3.63) is 106 Å². The quantitative estimate of drug-likeness (QED) is 0.248. The molecule has 1 heterocycles. The number of halogens is 1. The summed E-state index contributed by atoms with van der Waals surface area (Å²) in [7, 11) is 0. The molecule has 186 valence electrons. The molecule has 0 aromatic heterocycles. The van der Waals surface area contributed by atoms with Crippen LogP contribution in [0.3, 0.4) is 0 Å². The van der Waals surface area contributed by atoms with E-state index >= 15 is 0 Å². The number of ketones is 1. The van der Waals surface area contributed by atoms with E-state index in [0.717, 1.165) is 11.1 Å². The van der Waals surface area contributed by atoms with E-state index in [1.165, 1.54) is 17.0 Å². The van der Waals surface area contributed by atoms with Crippen LogP contribution < -0.4 is 4.74 Å².